The second-order valence-electron chi connectivity index (χ2n) is 8.60. The fraction of sp³-hybridized carbons (Fsp3) is 0.560. The van der Waals surface area contributed by atoms with Crippen LogP contribution in [0.15, 0.2) is 30.3 Å². The number of hydrogen-bond acceptors (Lipinski definition) is 6. The third kappa shape index (κ3) is 7.85. The largest absolute Gasteiger partial charge is 0.492 e. The minimum absolute atomic E-state index is 0.0113. The van der Waals surface area contributed by atoms with Crippen molar-refractivity contribution in [2.24, 2.45) is 5.92 Å². The number of nitrogens with zero attached hydrogens (tertiary/aromatic N) is 1. The van der Waals surface area contributed by atoms with Crippen molar-refractivity contribution in [3.8, 4) is 5.75 Å². The van der Waals surface area contributed by atoms with Gasteiger partial charge in [0.1, 0.15) is 18.4 Å². The maximum absolute atomic E-state index is 13.4. The fourth-order valence-corrected chi connectivity index (χ4v) is 3.81. The lowest BCUT2D eigenvalue weighted by Crippen LogP contribution is -2.59. The maximum Gasteiger partial charge on any atom is 0.245 e. The van der Waals surface area contributed by atoms with E-state index in [0.29, 0.717) is 26.1 Å². The Morgan fingerprint density at radius 3 is 2.59 bits per heavy atom. The lowest BCUT2D eigenvalue weighted by molar-refractivity contribution is -0.145. The van der Waals surface area contributed by atoms with E-state index in [9.17, 15) is 19.5 Å². The zero-order valence-corrected chi connectivity index (χ0v) is 20.5. The number of carbonyl (C=O) groups is 3. The summed E-state index contributed by atoms with van der Waals surface area (Å²) in [6.45, 7) is 6.35. The summed E-state index contributed by atoms with van der Waals surface area (Å²) >= 11 is 0. The van der Waals surface area contributed by atoms with Gasteiger partial charge in [0.25, 0.3) is 0 Å². The van der Waals surface area contributed by atoms with Crippen LogP contribution in [0, 0.1) is 5.92 Å². The molecule has 0 saturated heterocycles. The van der Waals surface area contributed by atoms with Gasteiger partial charge in [-0.15, -0.1) is 0 Å². The molecule has 1 aliphatic rings. The van der Waals surface area contributed by atoms with Crippen LogP contribution in [0.25, 0.3) is 6.08 Å². The van der Waals surface area contributed by atoms with Gasteiger partial charge in [-0.25, -0.2) is 0 Å². The third-order valence-electron chi connectivity index (χ3n) is 5.97. The van der Waals surface area contributed by atoms with Crippen molar-refractivity contribution >= 4 is 23.8 Å². The molecule has 0 aromatic heterocycles. The molecule has 188 valence electrons. The highest BCUT2D eigenvalue weighted by Crippen LogP contribution is 2.20. The SMILES string of the molecule is CCC(C)C1NCCOc2ccccc2/C=C\CCNC(=O)CNC(=O)C(C(C)O)N(C)C1=O. The number of para-hydroxylation sites is 1. The van der Waals surface area contributed by atoms with Gasteiger partial charge in [-0.2, -0.15) is 0 Å². The quantitative estimate of drug-likeness (QED) is 0.517. The molecule has 0 spiro atoms. The molecule has 1 heterocycles. The van der Waals surface area contributed by atoms with Gasteiger partial charge in [0.15, 0.2) is 0 Å². The molecule has 0 saturated carbocycles. The van der Waals surface area contributed by atoms with Gasteiger partial charge >= 0.3 is 0 Å². The molecule has 9 nitrogen and oxygen atoms in total. The van der Waals surface area contributed by atoms with Crippen molar-refractivity contribution in [3.05, 3.63) is 35.9 Å². The Balaban J connectivity index is 2.26. The van der Waals surface area contributed by atoms with Gasteiger partial charge < -0.3 is 30.7 Å². The van der Waals surface area contributed by atoms with Crippen molar-refractivity contribution < 1.29 is 24.2 Å². The highest BCUT2D eigenvalue weighted by atomic mass is 16.5. The molecular formula is C25H38N4O5. The molecule has 1 aliphatic heterocycles. The van der Waals surface area contributed by atoms with Crippen LogP contribution in [0.2, 0.25) is 0 Å². The van der Waals surface area contributed by atoms with E-state index in [1.54, 1.807) is 0 Å². The van der Waals surface area contributed by atoms with E-state index in [2.05, 4.69) is 16.0 Å². The van der Waals surface area contributed by atoms with Crippen molar-refractivity contribution in [2.75, 3.05) is 33.3 Å². The van der Waals surface area contributed by atoms with Gasteiger partial charge in [-0.3, -0.25) is 14.4 Å². The van der Waals surface area contributed by atoms with Gasteiger partial charge in [-0.1, -0.05) is 50.6 Å². The Morgan fingerprint density at radius 1 is 1.15 bits per heavy atom. The number of ether oxygens (including phenoxy) is 1. The first kappa shape index (κ1) is 27.3. The third-order valence-corrected chi connectivity index (χ3v) is 5.97. The van der Waals surface area contributed by atoms with Crippen molar-refractivity contribution in [1.29, 1.82) is 0 Å². The highest BCUT2D eigenvalue weighted by Gasteiger charge is 2.35. The van der Waals surface area contributed by atoms with Gasteiger partial charge in [0.2, 0.25) is 17.7 Å². The lowest BCUT2D eigenvalue weighted by atomic mass is 9.96. The van der Waals surface area contributed by atoms with Crippen molar-refractivity contribution in [1.82, 2.24) is 20.9 Å². The first-order valence-corrected chi connectivity index (χ1v) is 11.9. The summed E-state index contributed by atoms with van der Waals surface area (Å²) in [7, 11) is 1.50. The monoisotopic (exact) mass is 474 g/mol. The topological polar surface area (TPSA) is 120 Å². The standard InChI is InChI=1S/C25H38N4O5/c1-5-17(2)22-25(33)29(4)23(18(3)30)24(32)28-16-21(31)26-13-9-8-11-19-10-6-7-12-20(19)34-15-14-27-22/h6-8,10-12,17-18,22-23,27,30H,5,9,13-16H2,1-4H3,(H,26,31)(H,28,32)/b11-8-. The van der Waals surface area contributed by atoms with E-state index >= 15 is 0 Å². The van der Waals surface area contributed by atoms with Crippen LogP contribution in [-0.2, 0) is 14.4 Å². The Labute approximate surface area is 201 Å². The summed E-state index contributed by atoms with van der Waals surface area (Å²) < 4.78 is 5.96. The lowest BCUT2D eigenvalue weighted by Gasteiger charge is -2.34. The normalized spacial score (nSPS) is 24.3. The summed E-state index contributed by atoms with van der Waals surface area (Å²) in [5.74, 6) is -0.514. The van der Waals surface area contributed by atoms with E-state index < -0.39 is 24.1 Å². The highest BCUT2D eigenvalue weighted by molar-refractivity contribution is 5.92. The van der Waals surface area contributed by atoms with Crippen molar-refractivity contribution in [3.63, 3.8) is 0 Å². The Hall–Kier alpha value is -2.91. The predicted molar refractivity (Wildman–Crippen MR) is 131 cm³/mol. The smallest absolute Gasteiger partial charge is 0.245 e. The molecule has 0 aliphatic carbocycles. The Kier molecular flexibility index (Phi) is 11.0. The van der Waals surface area contributed by atoms with Crippen LogP contribution in [0.3, 0.4) is 0 Å². The van der Waals surface area contributed by atoms with Gasteiger partial charge in [-0.05, 0) is 25.3 Å². The number of amides is 3. The minimum atomic E-state index is -1.12. The van der Waals surface area contributed by atoms with Crippen LogP contribution in [0.4, 0.5) is 0 Å². The number of carbonyl (C=O) groups excluding carboxylic acids is 3. The van der Waals surface area contributed by atoms with Crippen LogP contribution >= 0.6 is 0 Å². The first-order valence-electron chi connectivity index (χ1n) is 11.9. The Bertz CT molecular complexity index is 857. The van der Waals surface area contributed by atoms with Crippen LogP contribution in [0.5, 0.6) is 5.75 Å². The van der Waals surface area contributed by atoms with E-state index in [0.717, 1.165) is 17.7 Å². The molecule has 3 amide bonds. The molecular weight excluding hydrogens is 436 g/mol. The number of fused-ring (bicyclic) bond motifs is 1. The van der Waals surface area contributed by atoms with E-state index in [1.807, 2.05) is 50.3 Å². The van der Waals surface area contributed by atoms with Gasteiger partial charge in [0.05, 0.1) is 18.7 Å². The van der Waals surface area contributed by atoms with Crippen molar-refractivity contribution in [2.45, 2.75) is 51.8 Å². The summed E-state index contributed by atoms with van der Waals surface area (Å²) in [5.41, 5.74) is 0.924. The maximum atomic E-state index is 13.4. The Morgan fingerprint density at radius 2 is 1.88 bits per heavy atom. The number of nitrogens with one attached hydrogen (secondary N) is 3. The number of hydrogen-bond donors (Lipinski definition) is 4. The molecule has 9 heteroatoms. The average molecular weight is 475 g/mol. The summed E-state index contributed by atoms with van der Waals surface area (Å²) in [5, 5.41) is 18.8. The molecule has 34 heavy (non-hydrogen) atoms. The summed E-state index contributed by atoms with van der Waals surface area (Å²) in [6.07, 6.45) is 4.13. The predicted octanol–water partition coefficient (Wildman–Crippen LogP) is 0.927. The molecule has 0 fully saturated rings. The van der Waals surface area contributed by atoms with E-state index in [4.69, 9.17) is 4.74 Å². The second-order valence-corrected chi connectivity index (χ2v) is 8.60. The number of likely N-dealkylation sites (N-methyl/N-ethyl adjacent to an activating group) is 1. The molecule has 1 aromatic carbocycles. The van der Waals surface area contributed by atoms with E-state index in [-0.39, 0.29) is 24.3 Å². The number of aliphatic hydroxyl groups is 1. The number of benzene rings is 1. The molecule has 4 atom stereocenters. The van der Waals surface area contributed by atoms with Crippen LogP contribution in [0.1, 0.15) is 39.2 Å². The van der Waals surface area contributed by atoms with Gasteiger partial charge in [0, 0.05) is 25.7 Å². The van der Waals surface area contributed by atoms with Crippen LogP contribution in [-0.4, -0.2) is 79.2 Å². The number of aliphatic hydroxyl groups excluding tert-OH is 1. The summed E-state index contributed by atoms with van der Waals surface area (Å²) in [4.78, 5) is 39.5. The summed E-state index contributed by atoms with van der Waals surface area (Å²) in [6, 6.07) is 5.98. The number of rotatable bonds is 3. The molecule has 0 radical (unpaired) electrons. The second kappa shape index (κ2) is 13.7. The molecule has 2 rings (SSSR count). The van der Waals surface area contributed by atoms with E-state index in [1.165, 1.54) is 18.9 Å². The minimum Gasteiger partial charge on any atom is -0.492 e. The molecule has 0 bridgehead atoms. The fourth-order valence-electron chi connectivity index (χ4n) is 3.81. The molecule has 4 N–H and O–H groups in total. The average Bonchev–Trinajstić information content (AvgIpc) is 2.81. The zero-order chi connectivity index (χ0) is 25.1. The van der Waals surface area contributed by atoms with Crippen LogP contribution < -0.4 is 20.7 Å². The zero-order valence-electron chi connectivity index (χ0n) is 20.5. The molecule has 4 unspecified atom stereocenters. The molecule has 1 aromatic rings. The first-order chi connectivity index (χ1) is 16.3.